The normalized spacial score (nSPS) is 16.5. The number of likely N-dealkylation sites (tertiary alicyclic amines) is 1. The molecule has 1 saturated heterocycles. The molecule has 0 saturated carbocycles. The Labute approximate surface area is 77.1 Å². The van der Waals surface area contributed by atoms with Crippen molar-refractivity contribution >= 4 is 5.91 Å². The number of aromatic nitrogens is 2. The fourth-order valence-corrected chi connectivity index (χ4v) is 1.63. The van der Waals surface area contributed by atoms with Crippen molar-refractivity contribution in [2.24, 2.45) is 7.05 Å². The molecule has 70 valence electrons. The van der Waals surface area contributed by atoms with Crippen LogP contribution in [0.1, 0.15) is 23.2 Å². The molecule has 4 heteroatoms. The van der Waals surface area contributed by atoms with Gasteiger partial charge in [0.2, 0.25) is 0 Å². The van der Waals surface area contributed by atoms with E-state index < -0.39 is 0 Å². The van der Waals surface area contributed by atoms with Gasteiger partial charge in [-0.3, -0.25) is 9.48 Å². The molecule has 0 radical (unpaired) electrons. The number of hydrogen-bond donors (Lipinski definition) is 0. The highest BCUT2D eigenvalue weighted by Gasteiger charge is 2.19. The molecule has 0 aromatic carbocycles. The summed E-state index contributed by atoms with van der Waals surface area (Å²) < 4.78 is 1.66. The van der Waals surface area contributed by atoms with Crippen molar-refractivity contribution in [1.29, 1.82) is 0 Å². The molecule has 4 nitrogen and oxygen atoms in total. The number of carbonyl (C=O) groups is 1. The van der Waals surface area contributed by atoms with Crippen molar-refractivity contribution in [2.45, 2.75) is 12.8 Å². The molecular weight excluding hydrogens is 166 g/mol. The second-order valence-corrected chi connectivity index (χ2v) is 3.40. The number of carbonyl (C=O) groups excluding carboxylic acids is 1. The minimum atomic E-state index is 0.116. The van der Waals surface area contributed by atoms with Gasteiger partial charge in [0, 0.05) is 26.3 Å². The van der Waals surface area contributed by atoms with Gasteiger partial charge < -0.3 is 4.90 Å². The maximum atomic E-state index is 11.7. The van der Waals surface area contributed by atoms with Gasteiger partial charge >= 0.3 is 0 Å². The van der Waals surface area contributed by atoms with Crippen LogP contribution >= 0.6 is 0 Å². The third-order valence-corrected chi connectivity index (χ3v) is 2.35. The summed E-state index contributed by atoms with van der Waals surface area (Å²) in [6.07, 6.45) is 5.65. The summed E-state index contributed by atoms with van der Waals surface area (Å²) in [4.78, 5) is 13.6. The van der Waals surface area contributed by atoms with E-state index in [-0.39, 0.29) is 5.91 Å². The van der Waals surface area contributed by atoms with Gasteiger partial charge in [0.1, 0.15) is 0 Å². The SMILES string of the molecule is Cn1cc(C(=O)N2CCCC2)cn1. The fourth-order valence-electron chi connectivity index (χ4n) is 1.63. The summed E-state index contributed by atoms with van der Waals surface area (Å²) in [7, 11) is 1.82. The molecule has 13 heavy (non-hydrogen) atoms. The van der Waals surface area contributed by atoms with Crippen LogP contribution in [0, 0.1) is 0 Å². The topological polar surface area (TPSA) is 38.1 Å². The van der Waals surface area contributed by atoms with Gasteiger partial charge in [-0.1, -0.05) is 0 Å². The zero-order valence-electron chi connectivity index (χ0n) is 7.73. The van der Waals surface area contributed by atoms with Gasteiger partial charge in [-0.05, 0) is 12.8 Å². The van der Waals surface area contributed by atoms with Crippen LogP contribution < -0.4 is 0 Å². The summed E-state index contributed by atoms with van der Waals surface area (Å²) >= 11 is 0. The molecule has 0 bridgehead atoms. The summed E-state index contributed by atoms with van der Waals surface area (Å²) in [6.45, 7) is 1.79. The number of nitrogens with zero attached hydrogens (tertiary/aromatic N) is 3. The summed E-state index contributed by atoms with van der Waals surface area (Å²) in [5, 5.41) is 3.98. The first-order valence-electron chi connectivity index (χ1n) is 4.55. The van der Waals surface area contributed by atoms with E-state index in [1.807, 2.05) is 11.9 Å². The monoisotopic (exact) mass is 179 g/mol. The van der Waals surface area contributed by atoms with E-state index in [4.69, 9.17) is 0 Å². The first kappa shape index (κ1) is 8.29. The van der Waals surface area contributed by atoms with E-state index in [1.165, 1.54) is 0 Å². The van der Waals surface area contributed by atoms with Crippen LogP contribution in [0.3, 0.4) is 0 Å². The van der Waals surface area contributed by atoms with E-state index in [0.29, 0.717) is 5.56 Å². The average molecular weight is 179 g/mol. The maximum Gasteiger partial charge on any atom is 0.257 e. The molecule has 1 aromatic rings. The van der Waals surface area contributed by atoms with Crippen molar-refractivity contribution < 1.29 is 4.79 Å². The van der Waals surface area contributed by atoms with Crippen molar-refractivity contribution in [3.63, 3.8) is 0 Å². The highest BCUT2D eigenvalue weighted by atomic mass is 16.2. The summed E-state index contributed by atoms with van der Waals surface area (Å²) in [5.41, 5.74) is 0.699. The van der Waals surface area contributed by atoms with Crippen molar-refractivity contribution in [3.05, 3.63) is 18.0 Å². The highest BCUT2D eigenvalue weighted by molar-refractivity contribution is 5.93. The zero-order chi connectivity index (χ0) is 9.26. The summed E-state index contributed by atoms with van der Waals surface area (Å²) in [6, 6.07) is 0. The lowest BCUT2D eigenvalue weighted by atomic mass is 10.3. The quantitative estimate of drug-likeness (QED) is 0.635. The number of aryl methyl sites for hydroxylation is 1. The van der Waals surface area contributed by atoms with E-state index in [1.54, 1.807) is 17.1 Å². The van der Waals surface area contributed by atoms with E-state index in [9.17, 15) is 4.79 Å². The molecule has 0 N–H and O–H groups in total. The molecule has 1 aliphatic heterocycles. The molecule has 1 aromatic heterocycles. The van der Waals surface area contributed by atoms with Crippen molar-refractivity contribution in [3.8, 4) is 0 Å². The van der Waals surface area contributed by atoms with E-state index in [2.05, 4.69) is 5.10 Å². The Hall–Kier alpha value is -1.32. The highest BCUT2D eigenvalue weighted by Crippen LogP contribution is 2.11. The van der Waals surface area contributed by atoms with E-state index in [0.717, 1.165) is 25.9 Å². The van der Waals surface area contributed by atoms with Crippen LogP contribution in [0.25, 0.3) is 0 Å². The zero-order valence-corrected chi connectivity index (χ0v) is 7.73. The lowest BCUT2D eigenvalue weighted by Gasteiger charge is -2.13. The third kappa shape index (κ3) is 1.56. The van der Waals surface area contributed by atoms with Crippen molar-refractivity contribution in [2.75, 3.05) is 13.1 Å². The fraction of sp³-hybridized carbons (Fsp3) is 0.556. The molecule has 0 aliphatic carbocycles. The Balaban J connectivity index is 2.12. The van der Waals surface area contributed by atoms with Crippen LogP contribution in [-0.4, -0.2) is 33.7 Å². The predicted molar refractivity (Wildman–Crippen MR) is 48.3 cm³/mol. The van der Waals surface area contributed by atoms with Crippen molar-refractivity contribution in [1.82, 2.24) is 14.7 Å². The predicted octanol–water partition coefficient (Wildman–Crippen LogP) is 0.656. The lowest BCUT2D eigenvalue weighted by Crippen LogP contribution is -2.27. The minimum Gasteiger partial charge on any atom is -0.339 e. The number of hydrogen-bond acceptors (Lipinski definition) is 2. The first-order valence-corrected chi connectivity index (χ1v) is 4.55. The second kappa shape index (κ2) is 3.20. The Kier molecular flexibility index (Phi) is 2.04. The van der Waals surface area contributed by atoms with Crippen LogP contribution in [0.2, 0.25) is 0 Å². The molecule has 1 aliphatic rings. The number of amides is 1. The second-order valence-electron chi connectivity index (χ2n) is 3.40. The van der Waals surface area contributed by atoms with E-state index >= 15 is 0 Å². The standard InChI is InChI=1S/C9H13N3O/c1-11-7-8(6-10-11)9(13)12-4-2-3-5-12/h6-7H,2-5H2,1H3. The summed E-state index contributed by atoms with van der Waals surface area (Å²) in [5.74, 6) is 0.116. The lowest BCUT2D eigenvalue weighted by molar-refractivity contribution is 0.0793. The van der Waals surface area contributed by atoms with Gasteiger partial charge in [0.05, 0.1) is 11.8 Å². The van der Waals surface area contributed by atoms with Gasteiger partial charge in [-0.2, -0.15) is 5.10 Å². The first-order chi connectivity index (χ1) is 6.27. The molecule has 0 spiro atoms. The molecule has 0 unspecified atom stereocenters. The van der Waals surface area contributed by atoms with Gasteiger partial charge in [0.15, 0.2) is 0 Å². The molecule has 1 amide bonds. The average Bonchev–Trinajstić information content (AvgIpc) is 2.72. The molecule has 2 rings (SSSR count). The molecular formula is C9H13N3O. The van der Waals surface area contributed by atoms with Gasteiger partial charge in [-0.15, -0.1) is 0 Å². The maximum absolute atomic E-state index is 11.7. The Bertz CT molecular complexity index is 312. The number of rotatable bonds is 1. The molecule has 1 fully saturated rings. The third-order valence-electron chi connectivity index (χ3n) is 2.35. The van der Waals surface area contributed by atoms with Crippen LogP contribution in [0.4, 0.5) is 0 Å². The Morgan fingerprint density at radius 2 is 2.15 bits per heavy atom. The minimum absolute atomic E-state index is 0.116. The molecule has 0 atom stereocenters. The van der Waals surface area contributed by atoms with Gasteiger partial charge in [0.25, 0.3) is 5.91 Å². The smallest absolute Gasteiger partial charge is 0.257 e. The Morgan fingerprint density at radius 1 is 1.46 bits per heavy atom. The van der Waals surface area contributed by atoms with Gasteiger partial charge in [-0.25, -0.2) is 0 Å². The largest absolute Gasteiger partial charge is 0.339 e. The van der Waals surface area contributed by atoms with Crippen LogP contribution in [-0.2, 0) is 7.05 Å². The molecule has 2 heterocycles. The Morgan fingerprint density at radius 3 is 2.69 bits per heavy atom. The van der Waals surface area contributed by atoms with Crippen LogP contribution in [0.15, 0.2) is 12.4 Å². The van der Waals surface area contributed by atoms with Crippen LogP contribution in [0.5, 0.6) is 0 Å².